The van der Waals surface area contributed by atoms with Crippen LogP contribution < -0.4 is 20.7 Å². The van der Waals surface area contributed by atoms with Gasteiger partial charge in [0.15, 0.2) is 0 Å². The predicted molar refractivity (Wildman–Crippen MR) is 114 cm³/mol. The largest absolute Gasteiger partial charge is 0.495 e. The summed E-state index contributed by atoms with van der Waals surface area (Å²) in [7, 11) is 1.61. The van der Waals surface area contributed by atoms with Crippen LogP contribution in [0.1, 0.15) is 40.2 Å². The second-order valence-electron chi connectivity index (χ2n) is 7.78. The number of anilines is 3. The lowest BCUT2D eigenvalue weighted by Gasteiger charge is -2.23. The van der Waals surface area contributed by atoms with E-state index in [1.54, 1.807) is 38.3 Å². The molecule has 0 bridgehead atoms. The fourth-order valence-corrected chi connectivity index (χ4v) is 2.68. The van der Waals surface area contributed by atoms with Crippen molar-refractivity contribution in [3.8, 4) is 5.75 Å². The molecule has 0 saturated heterocycles. The molecule has 0 spiro atoms. The Balaban J connectivity index is 2.08. The Morgan fingerprint density at radius 2 is 1.54 bits per heavy atom. The number of rotatable bonds is 6. The zero-order valence-corrected chi connectivity index (χ0v) is 17.3. The lowest BCUT2D eigenvalue weighted by Crippen LogP contribution is -2.32. The van der Waals surface area contributed by atoms with Crippen LogP contribution in [0, 0.1) is 0 Å². The molecule has 0 aliphatic rings. The van der Waals surface area contributed by atoms with Gasteiger partial charge in [-0.1, -0.05) is 26.8 Å². The van der Waals surface area contributed by atoms with E-state index in [1.165, 1.54) is 6.92 Å². The second kappa shape index (κ2) is 8.78. The highest BCUT2D eigenvalue weighted by atomic mass is 16.5. The maximum Gasteiger partial charge on any atom is 0.246 e. The number of benzene rings is 2. The molecule has 0 aliphatic carbocycles. The van der Waals surface area contributed by atoms with Crippen LogP contribution in [0.4, 0.5) is 17.1 Å². The molecule has 0 fully saturated rings. The van der Waals surface area contributed by atoms with Gasteiger partial charge in [0.25, 0.3) is 0 Å². The Bertz CT molecular complexity index is 839. The van der Waals surface area contributed by atoms with Crippen molar-refractivity contribution in [2.45, 2.75) is 46.1 Å². The standard InChI is InChI=1S/C22H29N3O3/c1-14(21(27)25-18-10-8-17(9-11-18)24-15(2)26)23-19-13-16(22(3,4)5)7-12-20(19)28-6/h7-14,23H,1-6H3,(H,24,26)(H,25,27)/t14-/m1/s1. The molecule has 6 heteroatoms. The van der Waals surface area contributed by atoms with E-state index < -0.39 is 6.04 Å². The SMILES string of the molecule is COc1ccc(C(C)(C)C)cc1N[C@H](C)C(=O)Nc1ccc(NC(C)=O)cc1. The lowest BCUT2D eigenvalue weighted by molar-refractivity contribution is -0.116. The zero-order valence-electron chi connectivity index (χ0n) is 17.3. The zero-order chi connectivity index (χ0) is 20.9. The Kier molecular flexibility index (Phi) is 6.67. The quantitative estimate of drug-likeness (QED) is 0.691. The van der Waals surface area contributed by atoms with Crippen LogP contribution >= 0.6 is 0 Å². The van der Waals surface area contributed by atoms with E-state index in [0.29, 0.717) is 17.1 Å². The molecule has 2 amide bonds. The Morgan fingerprint density at radius 1 is 0.964 bits per heavy atom. The van der Waals surface area contributed by atoms with Gasteiger partial charge in [-0.3, -0.25) is 9.59 Å². The van der Waals surface area contributed by atoms with Gasteiger partial charge in [-0.05, 0) is 54.3 Å². The summed E-state index contributed by atoms with van der Waals surface area (Å²) >= 11 is 0. The van der Waals surface area contributed by atoms with E-state index in [2.05, 4.69) is 36.7 Å². The van der Waals surface area contributed by atoms with Crippen molar-refractivity contribution in [3.05, 3.63) is 48.0 Å². The molecule has 0 unspecified atom stereocenters. The summed E-state index contributed by atoms with van der Waals surface area (Å²) in [5, 5.41) is 8.80. The maximum absolute atomic E-state index is 12.6. The molecule has 2 aromatic rings. The number of ether oxygens (including phenoxy) is 1. The molecule has 0 heterocycles. The van der Waals surface area contributed by atoms with Crippen molar-refractivity contribution >= 4 is 28.9 Å². The minimum atomic E-state index is -0.473. The summed E-state index contributed by atoms with van der Waals surface area (Å²) < 4.78 is 5.43. The first kappa shape index (κ1) is 21.3. The summed E-state index contributed by atoms with van der Waals surface area (Å²) in [6, 6.07) is 12.5. The molecular formula is C22H29N3O3. The number of hydrogen-bond donors (Lipinski definition) is 3. The monoisotopic (exact) mass is 383 g/mol. The third kappa shape index (κ3) is 5.74. The molecule has 0 aliphatic heterocycles. The molecule has 28 heavy (non-hydrogen) atoms. The second-order valence-corrected chi connectivity index (χ2v) is 7.78. The number of methoxy groups -OCH3 is 1. The van der Waals surface area contributed by atoms with E-state index in [9.17, 15) is 9.59 Å². The minimum absolute atomic E-state index is 0.0101. The van der Waals surface area contributed by atoms with Gasteiger partial charge in [-0.2, -0.15) is 0 Å². The van der Waals surface area contributed by atoms with Crippen molar-refractivity contribution in [1.29, 1.82) is 0 Å². The Labute approximate surface area is 166 Å². The first-order valence-electron chi connectivity index (χ1n) is 9.23. The fraction of sp³-hybridized carbons (Fsp3) is 0.364. The van der Waals surface area contributed by atoms with Crippen molar-refractivity contribution in [2.75, 3.05) is 23.1 Å². The predicted octanol–water partition coefficient (Wildman–Crippen LogP) is 4.39. The normalized spacial score (nSPS) is 12.1. The number of hydrogen-bond acceptors (Lipinski definition) is 4. The molecule has 0 radical (unpaired) electrons. The van der Waals surface area contributed by atoms with Crippen LogP contribution in [0.25, 0.3) is 0 Å². The van der Waals surface area contributed by atoms with E-state index in [1.807, 2.05) is 18.2 Å². The fourth-order valence-electron chi connectivity index (χ4n) is 2.68. The molecule has 0 saturated carbocycles. The highest BCUT2D eigenvalue weighted by Gasteiger charge is 2.19. The highest BCUT2D eigenvalue weighted by Crippen LogP contribution is 2.31. The summed E-state index contributed by atoms with van der Waals surface area (Å²) in [5.41, 5.74) is 3.25. The van der Waals surface area contributed by atoms with Crippen molar-refractivity contribution in [2.24, 2.45) is 0 Å². The third-order valence-corrected chi connectivity index (χ3v) is 4.30. The van der Waals surface area contributed by atoms with Crippen LogP contribution in [0.2, 0.25) is 0 Å². The number of carbonyl (C=O) groups excluding carboxylic acids is 2. The number of amides is 2. The van der Waals surface area contributed by atoms with Gasteiger partial charge in [-0.25, -0.2) is 0 Å². The molecule has 2 aromatic carbocycles. The van der Waals surface area contributed by atoms with Crippen molar-refractivity contribution in [3.63, 3.8) is 0 Å². The molecule has 2 rings (SSSR count). The average Bonchev–Trinajstić information content (AvgIpc) is 2.62. The van der Waals surface area contributed by atoms with Crippen LogP contribution in [-0.4, -0.2) is 25.0 Å². The van der Waals surface area contributed by atoms with Gasteiger partial charge >= 0.3 is 0 Å². The van der Waals surface area contributed by atoms with Gasteiger partial charge in [-0.15, -0.1) is 0 Å². The summed E-state index contributed by atoms with van der Waals surface area (Å²) in [4.78, 5) is 23.7. The van der Waals surface area contributed by atoms with Gasteiger partial charge in [0.1, 0.15) is 11.8 Å². The number of carbonyl (C=O) groups is 2. The van der Waals surface area contributed by atoms with Crippen molar-refractivity contribution < 1.29 is 14.3 Å². The first-order chi connectivity index (χ1) is 13.1. The van der Waals surface area contributed by atoms with E-state index in [4.69, 9.17) is 4.74 Å². The summed E-state index contributed by atoms with van der Waals surface area (Å²) in [5.74, 6) is 0.379. The van der Waals surface area contributed by atoms with Crippen LogP contribution in [0.15, 0.2) is 42.5 Å². The van der Waals surface area contributed by atoms with Crippen molar-refractivity contribution in [1.82, 2.24) is 0 Å². The smallest absolute Gasteiger partial charge is 0.246 e. The topological polar surface area (TPSA) is 79.5 Å². The highest BCUT2D eigenvalue weighted by molar-refractivity contribution is 5.97. The summed E-state index contributed by atoms with van der Waals surface area (Å²) in [6.07, 6.45) is 0. The van der Waals surface area contributed by atoms with E-state index in [0.717, 1.165) is 11.3 Å². The molecule has 3 N–H and O–H groups in total. The van der Waals surface area contributed by atoms with E-state index in [-0.39, 0.29) is 17.2 Å². The third-order valence-electron chi connectivity index (χ3n) is 4.30. The van der Waals surface area contributed by atoms with Crippen LogP contribution in [0.5, 0.6) is 5.75 Å². The molecule has 1 atom stereocenters. The average molecular weight is 383 g/mol. The lowest BCUT2D eigenvalue weighted by atomic mass is 9.86. The van der Waals surface area contributed by atoms with Crippen LogP contribution in [-0.2, 0) is 15.0 Å². The van der Waals surface area contributed by atoms with Gasteiger partial charge < -0.3 is 20.7 Å². The Hall–Kier alpha value is -3.02. The first-order valence-corrected chi connectivity index (χ1v) is 9.23. The molecular weight excluding hydrogens is 354 g/mol. The maximum atomic E-state index is 12.6. The molecule has 0 aromatic heterocycles. The van der Waals surface area contributed by atoms with Crippen LogP contribution in [0.3, 0.4) is 0 Å². The molecule has 6 nitrogen and oxygen atoms in total. The number of nitrogens with one attached hydrogen (secondary N) is 3. The minimum Gasteiger partial charge on any atom is -0.495 e. The van der Waals surface area contributed by atoms with Gasteiger partial charge in [0, 0.05) is 18.3 Å². The van der Waals surface area contributed by atoms with Gasteiger partial charge in [0.2, 0.25) is 11.8 Å². The van der Waals surface area contributed by atoms with Gasteiger partial charge in [0.05, 0.1) is 12.8 Å². The van der Waals surface area contributed by atoms with E-state index >= 15 is 0 Å². The summed E-state index contributed by atoms with van der Waals surface area (Å²) in [6.45, 7) is 9.66. The Morgan fingerprint density at radius 3 is 2.04 bits per heavy atom. The molecule has 150 valence electrons.